The van der Waals surface area contributed by atoms with Crippen molar-refractivity contribution in [3.05, 3.63) is 23.9 Å². The minimum Gasteiger partial charge on any atom is -0.382 e. The molecule has 1 aliphatic rings. The Kier molecular flexibility index (Phi) is 4.03. The fourth-order valence-electron chi connectivity index (χ4n) is 2.38. The summed E-state index contributed by atoms with van der Waals surface area (Å²) in [5.41, 5.74) is 0.335. The Morgan fingerprint density at radius 1 is 1.58 bits per heavy atom. The number of hydrogen-bond donors (Lipinski definition) is 0. The molecular weight excluding hydrogens is 242 g/mol. The predicted octanol–water partition coefficient (Wildman–Crippen LogP) is 1.58. The van der Waals surface area contributed by atoms with Gasteiger partial charge in [-0.2, -0.15) is 5.26 Å². The molecule has 1 aliphatic heterocycles. The van der Waals surface area contributed by atoms with E-state index in [-0.39, 0.29) is 11.7 Å². The molecule has 0 radical (unpaired) electrons. The van der Waals surface area contributed by atoms with Crippen molar-refractivity contribution in [2.24, 2.45) is 0 Å². The predicted molar refractivity (Wildman–Crippen MR) is 72.0 cm³/mol. The van der Waals surface area contributed by atoms with E-state index in [1.807, 2.05) is 6.07 Å². The summed E-state index contributed by atoms with van der Waals surface area (Å²) in [6, 6.07) is 5.74. The van der Waals surface area contributed by atoms with Crippen molar-refractivity contribution in [2.75, 3.05) is 31.7 Å². The smallest absolute Gasteiger partial charge is 0.128 e. The third-order valence-electron chi connectivity index (χ3n) is 3.03. The lowest BCUT2D eigenvalue weighted by atomic mass is 10.1. The van der Waals surface area contributed by atoms with Crippen LogP contribution in [0.3, 0.4) is 0 Å². The van der Waals surface area contributed by atoms with Gasteiger partial charge in [-0.05, 0) is 26.0 Å². The summed E-state index contributed by atoms with van der Waals surface area (Å²) in [6.07, 6.45) is 1.63. The average molecular weight is 261 g/mol. The Hall–Kier alpha value is -1.64. The molecule has 1 saturated heterocycles. The number of morpholine rings is 1. The van der Waals surface area contributed by atoms with Gasteiger partial charge in [-0.3, -0.25) is 0 Å². The maximum atomic E-state index is 8.79. The second-order valence-electron chi connectivity index (χ2n) is 5.35. The molecule has 1 atom stereocenters. The van der Waals surface area contributed by atoms with Crippen molar-refractivity contribution >= 4 is 5.82 Å². The van der Waals surface area contributed by atoms with Gasteiger partial charge in [-0.15, -0.1) is 0 Å². The van der Waals surface area contributed by atoms with Crippen molar-refractivity contribution in [3.8, 4) is 6.07 Å². The molecule has 0 N–H and O–H groups in total. The largest absolute Gasteiger partial charge is 0.382 e. The minimum atomic E-state index is -0.239. The molecule has 19 heavy (non-hydrogen) atoms. The van der Waals surface area contributed by atoms with E-state index in [1.165, 1.54) is 0 Å². The Morgan fingerprint density at radius 3 is 2.95 bits per heavy atom. The highest BCUT2D eigenvalue weighted by atomic mass is 16.5. The lowest BCUT2D eigenvalue weighted by Gasteiger charge is -2.43. The van der Waals surface area contributed by atoms with E-state index in [9.17, 15) is 0 Å². The van der Waals surface area contributed by atoms with Crippen LogP contribution in [-0.4, -0.2) is 43.5 Å². The Balaban J connectivity index is 2.15. The molecule has 1 aromatic rings. The highest BCUT2D eigenvalue weighted by molar-refractivity contribution is 5.42. The van der Waals surface area contributed by atoms with Crippen molar-refractivity contribution < 1.29 is 9.47 Å². The second kappa shape index (κ2) is 5.55. The van der Waals surface area contributed by atoms with E-state index in [4.69, 9.17) is 14.7 Å². The van der Waals surface area contributed by atoms with E-state index in [1.54, 1.807) is 19.4 Å². The zero-order valence-corrected chi connectivity index (χ0v) is 11.6. The summed E-state index contributed by atoms with van der Waals surface area (Å²) in [5.74, 6) is 0.872. The van der Waals surface area contributed by atoms with Gasteiger partial charge in [0.05, 0.1) is 23.9 Å². The number of anilines is 1. The van der Waals surface area contributed by atoms with Crippen LogP contribution >= 0.6 is 0 Å². The number of nitrogens with zero attached hydrogens (tertiary/aromatic N) is 3. The molecule has 1 aromatic heterocycles. The van der Waals surface area contributed by atoms with Gasteiger partial charge < -0.3 is 14.4 Å². The van der Waals surface area contributed by atoms with Crippen LogP contribution in [0.5, 0.6) is 0 Å². The first-order valence-corrected chi connectivity index (χ1v) is 6.32. The number of nitriles is 1. The van der Waals surface area contributed by atoms with Gasteiger partial charge in [0.2, 0.25) is 0 Å². The fourth-order valence-corrected chi connectivity index (χ4v) is 2.38. The zero-order chi connectivity index (χ0) is 13.9. The standard InChI is InChI=1S/C14H19N3O2/c1-14(2)10-17(8-12(19-14)9-18-3)13-5-4-11(6-15)7-16-13/h4-5,7,12H,8-10H2,1-3H3. The van der Waals surface area contributed by atoms with E-state index < -0.39 is 0 Å². The van der Waals surface area contributed by atoms with Gasteiger partial charge >= 0.3 is 0 Å². The highest BCUT2D eigenvalue weighted by Crippen LogP contribution is 2.25. The van der Waals surface area contributed by atoms with Crippen LogP contribution in [0, 0.1) is 11.3 Å². The van der Waals surface area contributed by atoms with Crippen molar-refractivity contribution in [1.82, 2.24) is 4.98 Å². The first kappa shape index (κ1) is 13.8. The third-order valence-corrected chi connectivity index (χ3v) is 3.03. The van der Waals surface area contributed by atoms with Crippen molar-refractivity contribution in [2.45, 2.75) is 25.6 Å². The van der Waals surface area contributed by atoms with Gasteiger partial charge in [0.1, 0.15) is 11.9 Å². The van der Waals surface area contributed by atoms with Gasteiger partial charge in [0.15, 0.2) is 0 Å². The van der Waals surface area contributed by atoms with Crippen LogP contribution in [-0.2, 0) is 9.47 Å². The summed E-state index contributed by atoms with van der Waals surface area (Å²) >= 11 is 0. The van der Waals surface area contributed by atoms with Gasteiger partial charge in [-0.25, -0.2) is 4.98 Å². The first-order chi connectivity index (χ1) is 9.04. The quantitative estimate of drug-likeness (QED) is 0.827. The molecular formula is C14H19N3O2. The molecule has 2 heterocycles. The summed E-state index contributed by atoms with van der Waals surface area (Å²) in [7, 11) is 1.68. The Bertz CT molecular complexity index is 465. The summed E-state index contributed by atoms with van der Waals surface area (Å²) < 4.78 is 11.1. The molecule has 0 spiro atoms. The topological polar surface area (TPSA) is 58.4 Å². The normalized spacial score (nSPS) is 22.0. The molecule has 0 aliphatic carbocycles. The van der Waals surface area contributed by atoms with E-state index >= 15 is 0 Å². The Labute approximate surface area is 113 Å². The molecule has 2 rings (SSSR count). The highest BCUT2D eigenvalue weighted by Gasteiger charge is 2.33. The molecule has 0 amide bonds. The lowest BCUT2D eigenvalue weighted by Crippen LogP contribution is -2.54. The molecule has 0 bridgehead atoms. The maximum Gasteiger partial charge on any atom is 0.128 e. The molecule has 0 saturated carbocycles. The van der Waals surface area contributed by atoms with E-state index in [0.29, 0.717) is 12.2 Å². The number of ether oxygens (including phenoxy) is 2. The van der Waals surface area contributed by atoms with Crippen LogP contribution in [0.15, 0.2) is 18.3 Å². The lowest BCUT2D eigenvalue weighted by molar-refractivity contribution is -0.106. The van der Waals surface area contributed by atoms with Gasteiger partial charge in [0, 0.05) is 26.4 Å². The average Bonchev–Trinajstić information content (AvgIpc) is 2.37. The zero-order valence-electron chi connectivity index (χ0n) is 11.6. The number of methoxy groups -OCH3 is 1. The number of rotatable bonds is 3. The SMILES string of the molecule is COCC1CN(c2ccc(C#N)cn2)CC(C)(C)O1. The van der Waals surface area contributed by atoms with Crippen LogP contribution in [0.2, 0.25) is 0 Å². The number of aromatic nitrogens is 1. The molecule has 0 aromatic carbocycles. The monoisotopic (exact) mass is 261 g/mol. The second-order valence-corrected chi connectivity index (χ2v) is 5.35. The van der Waals surface area contributed by atoms with E-state index in [2.05, 4.69) is 29.8 Å². The molecule has 1 unspecified atom stereocenters. The van der Waals surface area contributed by atoms with Crippen LogP contribution in [0.1, 0.15) is 19.4 Å². The number of pyridine rings is 1. The molecule has 5 heteroatoms. The third kappa shape index (κ3) is 3.43. The molecule has 5 nitrogen and oxygen atoms in total. The minimum absolute atomic E-state index is 0.0335. The van der Waals surface area contributed by atoms with Crippen LogP contribution < -0.4 is 4.90 Å². The van der Waals surface area contributed by atoms with Crippen molar-refractivity contribution in [3.63, 3.8) is 0 Å². The van der Waals surface area contributed by atoms with E-state index in [0.717, 1.165) is 18.9 Å². The molecule has 102 valence electrons. The fraction of sp³-hybridized carbons (Fsp3) is 0.571. The van der Waals surface area contributed by atoms with Crippen LogP contribution in [0.25, 0.3) is 0 Å². The molecule has 1 fully saturated rings. The summed E-state index contributed by atoms with van der Waals surface area (Å²) in [5, 5.41) is 8.79. The summed E-state index contributed by atoms with van der Waals surface area (Å²) in [6.45, 7) is 6.20. The first-order valence-electron chi connectivity index (χ1n) is 6.32. The van der Waals surface area contributed by atoms with Gasteiger partial charge in [0.25, 0.3) is 0 Å². The summed E-state index contributed by atoms with van der Waals surface area (Å²) in [4.78, 5) is 6.52. The Morgan fingerprint density at radius 2 is 2.37 bits per heavy atom. The van der Waals surface area contributed by atoms with Gasteiger partial charge in [-0.1, -0.05) is 0 Å². The van der Waals surface area contributed by atoms with Crippen molar-refractivity contribution in [1.29, 1.82) is 5.26 Å². The maximum absolute atomic E-state index is 8.79. The van der Waals surface area contributed by atoms with Crippen LogP contribution in [0.4, 0.5) is 5.82 Å². The number of hydrogen-bond acceptors (Lipinski definition) is 5.